The van der Waals surface area contributed by atoms with Gasteiger partial charge in [-0.25, -0.2) is 0 Å². The van der Waals surface area contributed by atoms with Crippen molar-refractivity contribution in [3.8, 4) is 0 Å². The fourth-order valence-electron chi connectivity index (χ4n) is 8.53. The van der Waals surface area contributed by atoms with Gasteiger partial charge in [0.2, 0.25) is 0 Å². The third-order valence-corrected chi connectivity index (χ3v) is 10.3. The zero-order chi connectivity index (χ0) is 25.1. The lowest BCUT2D eigenvalue weighted by Crippen LogP contribution is -2.53. The van der Waals surface area contributed by atoms with E-state index in [2.05, 4.69) is 13.8 Å². The van der Waals surface area contributed by atoms with Crippen LogP contribution < -0.4 is 0 Å². The van der Waals surface area contributed by atoms with E-state index >= 15 is 0 Å². The fourth-order valence-corrected chi connectivity index (χ4v) is 8.53. The number of hydrogen-bond acceptors (Lipinski definition) is 4. The summed E-state index contributed by atoms with van der Waals surface area (Å²) in [4.78, 5) is 33.0. The highest BCUT2D eigenvalue weighted by Gasteiger charge is 2.60. The molecule has 0 amide bonds. The Bertz CT molecular complexity index is 760. The molecule has 0 radical (unpaired) electrons. The second kappa shape index (κ2) is 11.1. The van der Waals surface area contributed by atoms with Gasteiger partial charge in [-0.3, -0.25) is 14.4 Å². The molecule has 0 aromatic heterocycles. The number of hydrogen-bond donors (Lipinski definition) is 1. The summed E-state index contributed by atoms with van der Waals surface area (Å²) in [6, 6.07) is 0. The van der Waals surface area contributed by atoms with Crippen LogP contribution in [0, 0.1) is 46.3 Å². The Hall–Kier alpha value is -1.39. The predicted octanol–water partition coefficient (Wildman–Crippen LogP) is 7.41. The van der Waals surface area contributed by atoms with Gasteiger partial charge in [0.05, 0.1) is 12.5 Å². The average Bonchev–Trinajstić information content (AvgIpc) is 3.14. The van der Waals surface area contributed by atoms with Crippen molar-refractivity contribution in [1.29, 1.82) is 0 Å². The lowest BCUT2D eigenvalue weighted by molar-refractivity contribution is -0.148. The molecule has 4 saturated carbocycles. The van der Waals surface area contributed by atoms with Crippen molar-refractivity contribution in [2.45, 2.75) is 112 Å². The van der Waals surface area contributed by atoms with Crippen molar-refractivity contribution < 1.29 is 28.5 Å². The minimum atomic E-state index is -0.865. The quantitative estimate of drug-likeness (QED) is 0.315. The predicted molar refractivity (Wildman–Crippen MR) is 140 cm³/mol. The van der Waals surface area contributed by atoms with Crippen LogP contribution in [0.1, 0.15) is 116 Å². The largest absolute Gasteiger partial charge is 0.481 e. The molecular formula is C29H54O5. The Labute approximate surface area is 211 Å². The first-order chi connectivity index (χ1) is 16.0. The molecule has 34 heavy (non-hydrogen) atoms. The molecule has 0 saturated heterocycles. The topological polar surface area (TPSA) is 80.7 Å². The van der Waals surface area contributed by atoms with Crippen LogP contribution in [0.15, 0.2) is 0 Å². The molecule has 7 atom stereocenters. The van der Waals surface area contributed by atoms with E-state index < -0.39 is 5.97 Å². The van der Waals surface area contributed by atoms with Gasteiger partial charge < -0.3 is 9.84 Å². The van der Waals surface area contributed by atoms with E-state index in [9.17, 15) is 14.4 Å². The minimum Gasteiger partial charge on any atom is -0.481 e. The van der Waals surface area contributed by atoms with Gasteiger partial charge in [-0.05, 0) is 99.2 Å². The van der Waals surface area contributed by atoms with Gasteiger partial charge in [0, 0.05) is 16.6 Å². The van der Waals surface area contributed by atoms with E-state index in [1.807, 2.05) is 6.92 Å². The van der Waals surface area contributed by atoms with Crippen LogP contribution in [0.3, 0.4) is 0 Å². The molecule has 0 aromatic rings. The molecule has 0 aliphatic heterocycles. The van der Waals surface area contributed by atoms with Crippen LogP contribution in [0.5, 0.6) is 0 Å². The summed E-state index contributed by atoms with van der Waals surface area (Å²) in [6.07, 6.45) is 14.6. The van der Waals surface area contributed by atoms with E-state index in [4.69, 9.17) is 9.84 Å². The van der Waals surface area contributed by atoms with Gasteiger partial charge in [0.15, 0.2) is 0 Å². The van der Waals surface area contributed by atoms with Gasteiger partial charge in [-0.2, -0.15) is 0 Å². The number of Topliss-reactive ketones (excluding diaryl/α,β-unsaturated/α-hetero) is 1. The molecule has 5 heteroatoms. The van der Waals surface area contributed by atoms with Crippen molar-refractivity contribution >= 4 is 17.7 Å². The van der Waals surface area contributed by atoms with E-state index in [0.29, 0.717) is 29.0 Å². The molecule has 0 spiro atoms. The van der Waals surface area contributed by atoms with Crippen LogP contribution in [-0.4, -0.2) is 29.4 Å². The Morgan fingerprint density at radius 1 is 0.941 bits per heavy atom. The fraction of sp³-hybridized carbons (Fsp3) is 0.897. The van der Waals surface area contributed by atoms with Gasteiger partial charge in [0.1, 0.15) is 5.78 Å². The molecule has 4 aliphatic rings. The Balaban J connectivity index is 0.000000758. The summed E-state index contributed by atoms with van der Waals surface area (Å²) in [6.45, 7) is 10.6. The van der Waals surface area contributed by atoms with E-state index in [0.717, 1.165) is 23.7 Å². The Kier molecular flexibility index (Phi) is 8.90. The number of aliphatic carboxylic acids is 1. The molecule has 5 nitrogen and oxygen atoms in total. The number of fused-ring (bicyclic) bond motifs is 5. The van der Waals surface area contributed by atoms with E-state index in [1.165, 1.54) is 64.2 Å². The monoisotopic (exact) mass is 482 g/mol. The number of carboxylic acids is 1. The number of carbonyl (C=O) groups excluding carboxylic acids is 2. The Morgan fingerprint density at radius 3 is 2.29 bits per heavy atom. The first-order valence-corrected chi connectivity index (χ1v) is 13.9. The summed E-state index contributed by atoms with van der Waals surface area (Å²) in [5.41, 5.74) is 0.974. The SMILES string of the molecule is CC(=O)[C@H]1CCC2[C@@H]3CCC4CCCC[C@]4(C)C3CC[C@@]21C.CC(C)C(=O)OCCCC(=O)O.[HH].[HH].[HH]. The zero-order valence-electron chi connectivity index (χ0n) is 22.2. The maximum Gasteiger partial charge on any atom is 0.308 e. The second-order valence-electron chi connectivity index (χ2n) is 12.5. The zero-order valence-corrected chi connectivity index (χ0v) is 22.2. The highest BCUT2D eigenvalue weighted by molar-refractivity contribution is 5.79. The van der Waals surface area contributed by atoms with Gasteiger partial charge >= 0.3 is 11.9 Å². The summed E-state index contributed by atoms with van der Waals surface area (Å²) in [7, 11) is 0. The van der Waals surface area contributed by atoms with E-state index in [-0.39, 0.29) is 29.2 Å². The first-order valence-electron chi connectivity index (χ1n) is 13.9. The molecule has 200 valence electrons. The minimum absolute atomic E-state index is 0. The van der Waals surface area contributed by atoms with Crippen LogP contribution in [0.2, 0.25) is 0 Å². The maximum atomic E-state index is 12.2. The maximum absolute atomic E-state index is 12.2. The van der Waals surface area contributed by atoms with Crippen molar-refractivity contribution in [2.24, 2.45) is 46.3 Å². The van der Waals surface area contributed by atoms with Gasteiger partial charge in [-0.15, -0.1) is 0 Å². The van der Waals surface area contributed by atoms with Gasteiger partial charge in [0.25, 0.3) is 0 Å². The number of rotatable bonds is 6. The number of ketones is 1. The van der Waals surface area contributed by atoms with Crippen LogP contribution in [0.4, 0.5) is 0 Å². The molecule has 4 fully saturated rings. The number of carboxylic acid groups (broad SMARTS) is 1. The summed E-state index contributed by atoms with van der Waals surface area (Å²) in [5, 5.41) is 8.25. The summed E-state index contributed by atoms with van der Waals surface area (Å²) >= 11 is 0. The highest BCUT2D eigenvalue weighted by Crippen LogP contribution is 2.67. The standard InChI is InChI=1S/C21H34O.C8H14O4.3H2/c1-14(22)17-9-10-18-16-8-7-15-6-4-5-12-20(15,2)19(16)11-13-21(17,18)3;1-6(2)8(11)12-5-3-4-7(9)10;;;/h15-19H,4-13H2,1-3H3;6H,3-5H2,1-2H3,(H,9,10);3*1H/t15?,16-,17+,18?,19?,20-,21+;;;;/m0..../s1. The van der Waals surface area contributed by atoms with Crippen molar-refractivity contribution in [2.75, 3.05) is 6.61 Å². The molecule has 0 aromatic carbocycles. The molecule has 4 aliphatic carbocycles. The van der Waals surface area contributed by atoms with Crippen molar-refractivity contribution in [3.05, 3.63) is 0 Å². The third kappa shape index (κ3) is 5.54. The van der Waals surface area contributed by atoms with E-state index in [1.54, 1.807) is 13.8 Å². The van der Waals surface area contributed by atoms with Crippen LogP contribution >= 0.6 is 0 Å². The molecule has 0 bridgehead atoms. The lowest BCUT2D eigenvalue weighted by atomic mass is 9.45. The van der Waals surface area contributed by atoms with Crippen molar-refractivity contribution in [1.82, 2.24) is 0 Å². The molecule has 4 rings (SSSR count). The normalized spacial score (nSPS) is 38.6. The number of ether oxygens (including phenoxy) is 1. The average molecular weight is 483 g/mol. The smallest absolute Gasteiger partial charge is 0.308 e. The second-order valence-corrected chi connectivity index (χ2v) is 12.5. The molecule has 0 heterocycles. The highest BCUT2D eigenvalue weighted by atomic mass is 16.5. The Morgan fingerprint density at radius 2 is 1.65 bits per heavy atom. The first kappa shape index (κ1) is 27.2. The summed E-state index contributed by atoms with van der Waals surface area (Å²) < 4.78 is 4.75. The third-order valence-electron chi connectivity index (χ3n) is 10.3. The van der Waals surface area contributed by atoms with Gasteiger partial charge in [-0.1, -0.05) is 40.5 Å². The number of carbonyl (C=O) groups is 3. The molecular weight excluding hydrogens is 428 g/mol. The number of esters is 1. The van der Waals surface area contributed by atoms with Crippen LogP contribution in [0.25, 0.3) is 0 Å². The molecule has 3 unspecified atom stereocenters. The summed E-state index contributed by atoms with van der Waals surface area (Å²) in [5.74, 6) is 3.32. The molecule has 1 N–H and O–H groups in total. The van der Waals surface area contributed by atoms with Crippen LogP contribution in [-0.2, 0) is 19.1 Å². The lowest BCUT2D eigenvalue weighted by Gasteiger charge is -2.60. The van der Waals surface area contributed by atoms with Crippen molar-refractivity contribution in [3.63, 3.8) is 0 Å².